The lowest BCUT2D eigenvalue weighted by Crippen LogP contribution is -2.19. The topological polar surface area (TPSA) is 34.1 Å². The smallest absolute Gasteiger partial charge is 0.261 e. The quantitative estimate of drug-likeness (QED) is 0.728. The van der Waals surface area contributed by atoms with Crippen LogP contribution in [0.25, 0.3) is 0 Å². The Morgan fingerprint density at radius 1 is 1.50 bits per heavy atom. The first-order valence-electron chi connectivity index (χ1n) is 5.17. The third-order valence-corrected chi connectivity index (χ3v) is 2.23. The molecular weight excluding hydrogens is 214 g/mol. The van der Waals surface area contributed by atoms with Crippen LogP contribution in [0.1, 0.15) is 18.0 Å². The van der Waals surface area contributed by atoms with Gasteiger partial charge in [-0.25, -0.2) is 8.78 Å². The lowest BCUT2D eigenvalue weighted by molar-refractivity contribution is 0.0145. The van der Waals surface area contributed by atoms with Gasteiger partial charge in [-0.2, -0.15) is 0 Å². The first-order chi connectivity index (χ1) is 7.74. The molecule has 0 aliphatic heterocycles. The number of hydrogen-bond donors (Lipinski definition) is 1. The lowest BCUT2D eigenvalue weighted by Gasteiger charge is -2.15. The summed E-state index contributed by atoms with van der Waals surface area (Å²) in [6.45, 7) is -0.186. The first kappa shape index (κ1) is 13.0. The highest BCUT2D eigenvalue weighted by Gasteiger charge is 2.09. The molecule has 1 aromatic rings. The van der Waals surface area contributed by atoms with Crippen molar-refractivity contribution in [1.29, 1.82) is 0 Å². The number of ether oxygens (including phenoxy) is 1. The predicted molar refractivity (Wildman–Crippen MR) is 57.5 cm³/mol. The van der Waals surface area contributed by atoms with E-state index in [4.69, 9.17) is 4.74 Å². The number of halogens is 2. The minimum absolute atomic E-state index is 0.0892. The van der Waals surface area contributed by atoms with Crippen LogP contribution >= 0.6 is 0 Å². The summed E-state index contributed by atoms with van der Waals surface area (Å²) < 4.78 is 28.5. The number of aromatic nitrogens is 1. The van der Waals surface area contributed by atoms with Crippen LogP contribution in [0.3, 0.4) is 0 Å². The Balaban J connectivity index is 2.33. The second kappa shape index (κ2) is 7.24. The molecular formula is C11H16F2N2O. The maximum atomic E-state index is 11.8. The molecule has 16 heavy (non-hydrogen) atoms. The van der Waals surface area contributed by atoms with E-state index in [0.717, 1.165) is 5.56 Å². The van der Waals surface area contributed by atoms with Crippen molar-refractivity contribution in [3.8, 4) is 0 Å². The van der Waals surface area contributed by atoms with Crippen LogP contribution < -0.4 is 5.32 Å². The van der Waals surface area contributed by atoms with Crippen molar-refractivity contribution in [2.45, 2.75) is 18.9 Å². The van der Waals surface area contributed by atoms with Crippen LogP contribution in [0.2, 0.25) is 0 Å². The Bertz CT molecular complexity index is 283. The van der Waals surface area contributed by atoms with Gasteiger partial charge in [0.05, 0.1) is 0 Å². The zero-order valence-electron chi connectivity index (χ0n) is 9.20. The van der Waals surface area contributed by atoms with E-state index < -0.39 is 13.0 Å². The number of hydrogen-bond acceptors (Lipinski definition) is 3. The standard InChI is InChI=1S/C11H16F2N2O/c1-14-10(4-6-16-8-11(12)13)9-3-2-5-15-7-9/h2-3,5,7,10-11,14H,4,6,8H2,1H3. The predicted octanol–water partition coefficient (Wildman–Crippen LogP) is 2.01. The van der Waals surface area contributed by atoms with E-state index in [1.165, 1.54) is 0 Å². The van der Waals surface area contributed by atoms with Gasteiger partial charge in [0.2, 0.25) is 0 Å². The van der Waals surface area contributed by atoms with Gasteiger partial charge in [0.1, 0.15) is 6.61 Å². The zero-order valence-corrected chi connectivity index (χ0v) is 9.20. The van der Waals surface area contributed by atoms with Crippen LogP contribution in [0.4, 0.5) is 8.78 Å². The number of nitrogens with one attached hydrogen (secondary N) is 1. The van der Waals surface area contributed by atoms with E-state index in [1.807, 2.05) is 19.2 Å². The monoisotopic (exact) mass is 230 g/mol. The fourth-order valence-corrected chi connectivity index (χ4v) is 1.43. The Hall–Kier alpha value is -1.07. The van der Waals surface area contributed by atoms with E-state index >= 15 is 0 Å². The first-order valence-corrected chi connectivity index (χ1v) is 5.17. The summed E-state index contributed by atoms with van der Waals surface area (Å²) in [5, 5.41) is 3.10. The van der Waals surface area contributed by atoms with Crippen LogP contribution in [-0.2, 0) is 4.74 Å². The summed E-state index contributed by atoms with van der Waals surface area (Å²) in [6.07, 6.45) is 1.71. The van der Waals surface area contributed by atoms with Crippen LogP contribution in [0.15, 0.2) is 24.5 Å². The van der Waals surface area contributed by atoms with Crippen molar-refractivity contribution in [2.24, 2.45) is 0 Å². The molecule has 1 aromatic heterocycles. The summed E-state index contributed by atoms with van der Waals surface area (Å²) in [5.41, 5.74) is 1.03. The number of pyridine rings is 1. The zero-order chi connectivity index (χ0) is 11.8. The van der Waals surface area contributed by atoms with Crippen molar-refractivity contribution in [3.63, 3.8) is 0 Å². The van der Waals surface area contributed by atoms with Crippen LogP contribution in [0, 0.1) is 0 Å². The summed E-state index contributed by atoms with van der Waals surface area (Å²) >= 11 is 0. The van der Waals surface area contributed by atoms with E-state index in [9.17, 15) is 8.78 Å². The summed E-state index contributed by atoms with van der Waals surface area (Å²) in [4.78, 5) is 4.01. The van der Waals surface area contributed by atoms with Gasteiger partial charge in [-0.15, -0.1) is 0 Å². The number of alkyl halides is 2. The van der Waals surface area contributed by atoms with Crippen LogP contribution in [0.5, 0.6) is 0 Å². The second-order valence-electron chi connectivity index (χ2n) is 3.38. The molecule has 0 saturated heterocycles. The van der Waals surface area contributed by atoms with Gasteiger partial charge in [0.25, 0.3) is 6.43 Å². The molecule has 5 heteroatoms. The molecule has 0 radical (unpaired) electrons. The normalized spacial score (nSPS) is 13.0. The molecule has 1 heterocycles. The maximum Gasteiger partial charge on any atom is 0.261 e. The molecule has 0 spiro atoms. The van der Waals surface area contributed by atoms with E-state index in [-0.39, 0.29) is 6.04 Å². The number of rotatable bonds is 7. The average Bonchev–Trinajstić information content (AvgIpc) is 2.30. The van der Waals surface area contributed by atoms with Gasteiger partial charge in [-0.05, 0) is 25.1 Å². The van der Waals surface area contributed by atoms with Gasteiger partial charge in [0, 0.05) is 25.0 Å². The van der Waals surface area contributed by atoms with Crippen molar-refractivity contribution < 1.29 is 13.5 Å². The van der Waals surface area contributed by atoms with Gasteiger partial charge in [-0.1, -0.05) is 6.07 Å². The van der Waals surface area contributed by atoms with Crippen molar-refractivity contribution in [1.82, 2.24) is 10.3 Å². The SMILES string of the molecule is CNC(CCOCC(F)F)c1cccnc1. The summed E-state index contributed by atoms with van der Waals surface area (Å²) in [7, 11) is 1.82. The van der Waals surface area contributed by atoms with E-state index in [2.05, 4.69) is 10.3 Å². The fraction of sp³-hybridized carbons (Fsp3) is 0.545. The largest absolute Gasteiger partial charge is 0.375 e. The Morgan fingerprint density at radius 2 is 2.31 bits per heavy atom. The van der Waals surface area contributed by atoms with Crippen molar-refractivity contribution >= 4 is 0 Å². The Labute approximate surface area is 93.8 Å². The molecule has 0 amide bonds. The second-order valence-corrected chi connectivity index (χ2v) is 3.38. The highest BCUT2D eigenvalue weighted by atomic mass is 19.3. The minimum Gasteiger partial charge on any atom is -0.375 e. The fourth-order valence-electron chi connectivity index (χ4n) is 1.43. The molecule has 0 bridgehead atoms. The van der Waals surface area contributed by atoms with Gasteiger partial charge >= 0.3 is 0 Å². The van der Waals surface area contributed by atoms with Crippen molar-refractivity contribution in [2.75, 3.05) is 20.3 Å². The van der Waals surface area contributed by atoms with E-state index in [0.29, 0.717) is 13.0 Å². The molecule has 1 rings (SSSR count). The molecule has 0 aliphatic rings. The highest BCUT2D eigenvalue weighted by molar-refractivity contribution is 5.13. The Morgan fingerprint density at radius 3 is 2.88 bits per heavy atom. The molecule has 0 aliphatic carbocycles. The minimum atomic E-state index is -2.40. The van der Waals surface area contributed by atoms with Gasteiger partial charge in [0.15, 0.2) is 0 Å². The highest BCUT2D eigenvalue weighted by Crippen LogP contribution is 2.14. The maximum absolute atomic E-state index is 11.8. The van der Waals surface area contributed by atoms with Crippen LogP contribution in [-0.4, -0.2) is 31.7 Å². The lowest BCUT2D eigenvalue weighted by atomic mass is 10.1. The van der Waals surface area contributed by atoms with Gasteiger partial charge in [-0.3, -0.25) is 4.98 Å². The summed E-state index contributed by atoms with van der Waals surface area (Å²) in [6, 6.07) is 3.88. The molecule has 3 nitrogen and oxygen atoms in total. The summed E-state index contributed by atoms with van der Waals surface area (Å²) in [5.74, 6) is 0. The van der Waals surface area contributed by atoms with Gasteiger partial charge < -0.3 is 10.1 Å². The molecule has 1 atom stereocenters. The molecule has 1 unspecified atom stereocenters. The van der Waals surface area contributed by atoms with E-state index in [1.54, 1.807) is 12.4 Å². The molecule has 90 valence electrons. The molecule has 0 aromatic carbocycles. The molecule has 0 saturated carbocycles. The molecule has 0 fully saturated rings. The number of nitrogens with zero attached hydrogens (tertiary/aromatic N) is 1. The Kier molecular flexibility index (Phi) is 5.88. The third-order valence-electron chi connectivity index (χ3n) is 2.23. The molecule has 1 N–H and O–H groups in total. The third kappa shape index (κ3) is 4.63. The van der Waals surface area contributed by atoms with Crippen molar-refractivity contribution in [3.05, 3.63) is 30.1 Å². The average molecular weight is 230 g/mol.